The van der Waals surface area contributed by atoms with Gasteiger partial charge in [-0.1, -0.05) is 55.7 Å². The molecule has 0 bridgehead atoms. The largest absolute Gasteiger partial charge is 2.00 e. The molecule has 3 aromatic carbocycles. The Kier molecular flexibility index (Phi) is 8.36. The maximum Gasteiger partial charge on any atom is 2.00 e. The molecule has 2 saturated carbocycles. The number of nitrogens with zero attached hydrogens (tertiary/aromatic N) is 3. The molecule has 2 fully saturated rings. The number of ether oxygens (including phenoxy) is 1. The van der Waals surface area contributed by atoms with E-state index in [1.807, 2.05) is 24.5 Å². The third-order valence-corrected chi connectivity index (χ3v) is 9.52. The first-order valence-electron chi connectivity index (χ1n) is 15.9. The number of hydrogen-bond acceptors (Lipinski definition) is 3. The van der Waals surface area contributed by atoms with Gasteiger partial charge < -0.3 is 9.30 Å². The van der Waals surface area contributed by atoms with Gasteiger partial charge in [-0.3, -0.25) is 0 Å². The summed E-state index contributed by atoms with van der Waals surface area (Å²) in [6, 6.07) is 35.0. The van der Waals surface area contributed by atoms with Crippen LogP contribution < -0.4 is 4.74 Å². The molecule has 8 rings (SSSR count). The van der Waals surface area contributed by atoms with Crippen LogP contribution in [0.2, 0.25) is 0 Å². The van der Waals surface area contributed by atoms with E-state index in [9.17, 15) is 0 Å². The molecule has 3 heterocycles. The van der Waals surface area contributed by atoms with Gasteiger partial charge in [-0.25, -0.2) is 21.1 Å². The topological polar surface area (TPSA) is 39.9 Å². The molecule has 3 aromatic heterocycles. The van der Waals surface area contributed by atoms with Gasteiger partial charge in [0.15, 0.2) is 0 Å². The quantitative estimate of drug-likeness (QED) is 0.159. The second kappa shape index (κ2) is 12.7. The fourth-order valence-corrected chi connectivity index (χ4v) is 7.30. The molecule has 44 heavy (non-hydrogen) atoms. The fraction of sp³-hybridized carbons (Fsp3) is 0.282. The Labute approximate surface area is 273 Å². The number of para-hydroxylation sites is 1. The zero-order valence-electron chi connectivity index (χ0n) is 24.7. The Bertz CT molecular complexity index is 1920. The van der Waals surface area contributed by atoms with Crippen LogP contribution in [-0.4, -0.2) is 14.5 Å². The van der Waals surface area contributed by atoms with Gasteiger partial charge in [0.25, 0.3) is 0 Å². The van der Waals surface area contributed by atoms with Crippen LogP contribution in [0, 0.1) is 12.1 Å². The summed E-state index contributed by atoms with van der Waals surface area (Å²) in [5.41, 5.74) is 6.80. The summed E-state index contributed by atoms with van der Waals surface area (Å²) in [6.07, 6.45) is 15.5. The van der Waals surface area contributed by atoms with E-state index in [-0.39, 0.29) is 21.1 Å². The van der Waals surface area contributed by atoms with Crippen LogP contribution in [0.25, 0.3) is 38.8 Å². The van der Waals surface area contributed by atoms with Gasteiger partial charge in [-0.05, 0) is 83.8 Å². The van der Waals surface area contributed by atoms with Crippen molar-refractivity contribution in [2.45, 2.75) is 69.6 Å². The summed E-state index contributed by atoms with van der Waals surface area (Å²) >= 11 is 0. The minimum absolute atomic E-state index is 0. The Hall–Kier alpha value is -3.75. The van der Waals surface area contributed by atoms with E-state index in [0.29, 0.717) is 23.5 Å². The molecule has 2 aliphatic rings. The summed E-state index contributed by atoms with van der Waals surface area (Å²) in [4.78, 5) is 9.38. The minimum atomic E-state index is 0. The molecule has 2 aliphatic carbocycles. The molecule has 222 valence electrons. The van der Waals surface area contributed by atoms with Crippen molar-refractivity contribution in [1.82, 2.24) is 14.5 Å². The van der Waals surface area contributed by atoms with Crippen molar-refractivity contribution in [3.63, 3.8) is 0 Å². The summed E-state index contributed by atoms with van der Waals surface area (Å²) in [5, 5.41) is 2.38. The molecular weight excluding hydrogens is 722 g/mol. The molecular formula is C39H35N3OPt. The van der Waals surface area contributed by atoms with E-state index in [1.165, 1.54) is 79.7 Å². The molecule has 0 saturated heterocycles. The van der Waals surface area contributed by atoms with E-state index >= 15 is 0 Å². The molecule has 0 spiro atoms. The first kappa shape index (κ1) is 29.0. The second-order valence-corrected chi connectivity index (χ2v) is 12.2. The van der Waals surface area contributed by atoms with Gasteiger partial charge in [-0.15, -0.1) is 18.2 Å². The monoisotopic (exact) mass is 756 g/mol. The molecule has 0 aliphatic heterocycles. The van der Waals surface area contributed by atoms with Gasteiger partial charge in [0, 0.05) is 29.7 Å². The van der Waals surface area contributed by atoms with E-state index in [0.717, 1.165) is 28.0 Å². The average Bonchev–Trinajstić information content (AvgIpc) is 3.72. The predicted octanol–water partition coefficient (Wildman–Crippen LogP) is 10.3. The number of benzene rings is 3. The normalized spacial score (nSPS) is 15.9. The van der Waals surface area contributed by atoms with E-state index in [4.69, 9.17) is 9.72 Å². The third-order valence-electron chi connectivity index (χ3n) is 9.52. The first-order valence-corrected chi connectivity index (χ1v) is 15.9. The van der Waals surface area contributed by atoms with Crippen LogP contribution in [-0.2, 0) is 21.1 Å². The average molecular weight is 757 g/mol. The zero-order valence-corrected chi connectivity index (χ0v) is 27.0. The molecule has 4 nitrogen and oxygen atoms in total. The third kappa shape index (κ3) is 5.61. The van der Waals surface area contributed by atoms with Crippen molar-refractivity contribution in [1.29, 1.82) is 0 Å². The van der Waals surface area contributed by atoms with Crippen molar-refractivity contribution >= 4 is 21.8 Å². The van der Waals surface area contributed by atoms with E-state index in [2.05, 4.69) is 88.4 Å². The molecule has 0 N–H and O–H groups in total. The minimum Gasteiger partial charge on any atom is -0.460 e. The number of pyridine rings is 2. The van der Waals surface area contributed by atoms with Crippen molar-refractivity contribution in [2.75, 3.05) is 0 Å². The van der Waals surface area contributed by atoms with Crippen molar-refractivity contribution in [3.8, 4) is 28.6 Å². The van der Waals surface area contributed by atoms with E-state index < -0.39 is 0 Å². The van der Waals surface area contributed by atoms with Crippen molar-refractivity contribution in [2.24, 2.45) is 0 Å². The molecule has 0 amide bonds. The smallest absolute Gasteiger partial charge is 0.460 e. The number of aromatic nitrogens is 3. The van der Waals surface area contributed by atoms with Gasteiger partial charge in [0.05, 0.1) is 0 Å². The molecule has 0 atom stereocenters. The molecule has 0 unspecified atom stereocenters. The summed E-state index contributed by atoms with van der Waals surface area (Å²) in [5.74, 6) is 3.48. The Balaban J connectivity index is 0.00000312. The molecule has 0 radical (unpaired) electrons. The summed E-state index contributed by atoms with van der Waals surface area (Å²) in [7, 11) is 0. The number of rotatable bonds is 6. The van der Waals surface area contributed by atoms with Crippen LogP contribution in [0.4, 0.5) is 0 Å². The zero-order chi connectivity index (χ0) is 28.6. The maximum atomic E-state index is 6.24. The van der Waals surface area contributed by atoms with Gasteiger partial charge in [-0.2, -0.15) is 24.3 Å². The first-order chi connectivity index (χ1) is 21.3. The van der Waals surface area contributed by atoms with Gasteiger partial charge in [0.2, 0.25) is 5.88 Å². The Morgan fingerprint density at radius 1 is 0.636 bits per heavy atom. The van der Waals surface area contributed by atoms with Crippen molar-refractivity contribution < 1.29 is 25.8 Å². The maximum absolute atomic E-state index is 6.24. The Morgan fingerprint density at radius 3 is 2.16 bits per heavy atom. The second-order valence-electron chi connectivity index (χ2n) is 12.2. The van der Waals surface area contributed by atoms with Gasteiger partial charge >= 0.3 is 21.1 Å². The van der Waals surface area contributed by atoms with E-state index in [1.54, 1.807) is 0 Å². The predicted molar refractivity (Wildman–Crippen MR) is 173 cm³/mol. The van der Waals surface area contributed by atoms with Crippen molar-refractivity contribution in [3.05, 3.63) is 115 Å². The van der Waals surface area contributed by atoms with Crippen LogP contribution in [0.15, 0.2) is 91.3 Å². The molecule has 6 aromatic rings. The fourth-order valence-electron chi connectivity index (χ4n) is 7.30. The summed E-state index contributed by atoms with van der Waals surface area (Å²) in [6.45, 7) is 0. The van der Waals surface area contributed by atoms with Crippen LogP contribution in [0.5, 0.6) is 11.6 Å². The SMILES string of the molecule is [Pt+2].[c-]1c(Oc2cc(C3CCCC3)ccn2)cccc1-c1[c-]c2c(cc1)c1ccccc1n2-c1cc(C2CCCCC2)ccn1. The summed E-state index contributed by atoms with van der Waals surface area (Å²) < 4.78 is 8.52. The van der Waals surface area contributed by atoms with Gasteiger partial charge in [0.1, 0.15) is 5.82 Å². The van der Waals surface area contributed by atoms with Crippen LogP contribution in [0.3, 0.4) is 0 Å². The number of fused-ring (bicyclic) bond motifs is 3. The molecule has 5 heteroatoms. The van der Waals surface area contributed by atoms with Crippen LogP contribution in [0.1, 0.15) is 80.8 Å². The van der Waals surface area contributed by atoms with Crippen LogP contribution >= 0.6 is 0 Å². The Morgan fingerprint density at radius 2 is 1.34 bits per heavy atom. The standard InChI is InChI=1S/C39H35N3O.Pt/c1-2-9-27(10-3-1)31-19-21-40-38(25-31)42-36-16-7-6-15-34(36)35-18-17-30(24-37(35)42)29-13-8-14-33(23-29)43-39-26-32(20-22-41-39)28-11-4-5-12-28;/h6-8,13-22,25-28H,1-5,9-12H2;/q-2;+2. The number of hydrogen-bond donors (Lipinski definition) is 0.